The zero-order valence-electron chi connectivity index (χ0n) is 14.0. The van der Waals surface area contributed by atoms with E-state index in [4.69, 9.17) is 5.73 Å². The molecule has 3 rings (SSSR count). The zero-order valence-corrected chi connectivity index (χ0v) is 14.0. The van der Waals surface area contributed by atoms with Crippen molar-refractivity contribution in [1.29, 1.82) is 0 Å². The molecule has 5 nitrogen and oxygen atoms in total. The number of nitrogens with zero attached hydrogens (tertiary/aromatic N) is 4. The average Bonchev–Trinajstić information content (AvgIpc) is 3.08. The van der Waals surface area contributed by atoms with Gasteiger partial charge in [0.05, 0.1) is 11.1 Å². The maximum atomic E-state index is 13.5. The van der Waals surface area contributed by atoms with Crippen molar-refractivity contribution < 1.29 is 26.3 Å². The number of hydrogen-bond acceptors (Lipinski definition) is 3. The number of hydrogen-bond donors (Lipinski definition) is 1. The molecule has 0 aliphatic heterocycles. The third-order valence-electron chi connectivity index (χ3n) is 3.80. The van der Waals surface area contributed by atoms with E-state index in [0.717, 1.165) is 10.7 Å². The highest BCUT2D eigenvalue weighted by Gasteiger charge is 2.40. The van der Waals surface area contributed by atoms with Crippen LogP contribution in [0.4, 0.5) is 32.2 Å². The van der Waals surface area contributed by atoms with Crippen LogP contribution in [0.25, 0.3) is 16.9 Å². The Labute approximate surface area is 149 Å². The smallest absolute Gasteiger partial charge is 0.383 e. The van der Waals surface area contributed by atoms with Gasteiger partial charge in [-0.05, 0) is 30.2 Å². The van der Waals surface area contributed by atoms with Crippen molar-refractivity contribution in [3.05, 3.63) is 47.3 Å². The van der Waals surface area contributed by atoms with Crippen LogP contribution < -0.4 is 5.73 Å². The summed E-state index contributed by atoms with van der Waals surface area (Å²) in [5.74, 6) is -0.449. The minimum atomic E-state index is -4.92. The number of rotatable bonds is 2. The quantitative estimate of drug-likeness (QED) is 0.669. The molecule has 0 atom stereocenters. The van der Waals surface area contributed by atoms with Crippen LogP contribution in [0.1, 0.15) is 16.8 Å². The molecule has 0 amide bonds. The van der Waals surface area contributed by atoms with Gasteiger partial charge < -0.3 is 5.73 Å². The monoisotopic (exact) mass is 389 g/mol. The van der Waals surface area contributed by atoms with Crippen molar-refractivity contribution in [3.63, 3.8) is 0 Å². The predicted molar refractivity (Wildman–Crippen MR) is 84.9 cm³/mol. The van der Waals surface area contributed by atoms with E-state index in [1.165, 1.54) is 29.9 Å². The lowest BCUT2D eigenvalue weighted by molar-refractivity contribution is -0.140. The normalized spacial score (nSPS) is 12.6. The molecule has 3 aromatic rings. The van der Waals surface area contributed by atoms with E-state index in [1.54, 1.807) is 7.05 Å². The molecule has 2 aromatic heterocycles. The molecule has 0 unspecified atom stereocenters. The van der Waals surface area contributed by atoms with Crippen LogP contribution >= 0.6 is 0 Å². The van der Waals surface area contributed by atoms with Gasteiger partial charge in [-0.25, -0.2) is 0 Å². The number of aromatic nitrogens is 4. The fraction of sp³-hybridized carbons (Fsp3) is 0.250. The number of nitrogens with two attached hydrogens (primary N) is 1. The fourth-order valence-corrected chi connectivity index (χ4v) is 2.70. The molecule has 0 aliphatic rings. The van der Waals surface area contributed by atoms with E-state index in [1.807, 2.05) is 0 Å². The Morgan fingerprint density at radius 1 is 0.963 bits per heavy atom. The van der Waals surface area contributed by atoms with Crippen molar-refractivity contribution >= 4 is 5.82 Å². The van der Waals surface area contributed by atoms with Crippen LogP contribution in [0.3, 0.4) is 0 Å². The Balaban J connectivity index is 2.30. The van der Waals surface area contributed by atoms with Crippen molar-refractivity contribution in [1.82, 2.24) is 19.6 Å². The van der Waals surface area contributed by atoms with Gasteiger partial charge in [-0.15, -0.1) is 0 Å². The first-order valence-corrected chi connectivity index (χ1v) is 7.53. The van der Waals surface area contributed by atoms with E-state index in [0.29, 0.717) is 6.07 Å². The molecule has 27 heavy (non-hydrogen) atoms. The van der Waals surface area contributed by atoms with E-state index in [9.17, 15) is 26.3 Å². The molecule has 0 bridgehead atoms. The maximum Gasteiger partial charge on any atom is 0.435 e. The Morgan fingerprint density at radius 2 is 1.63 bits per heavy atom. The average molecular weight is 389 g/mol. The molecule has 0 fully saturated rings. The van der Waals surface area contributed by atoms with Crippen LogP contribution in [-0.2, 0) is 19.4 Å². The minimum Gasteiger partial charge on any atom is -0.383 e. The lowest BCUT2D eigenvalue weighted by Gasteiger charge is -2.12. The number of aryl methyl sites for hydroxylation is 2. The number of halogens is 6. The van der Waals surface area contributed by atoms with Crippen LogP contribution in [0.5, 0.6) is 0 Å². The van der Waals surface area contributed by atoms with Crippen LogP contribution in [0, 0.1) is 6.92 Å². The molecule has 2 N–H and O–H groups in total. The second kappa shape index (κ2) is 6.03. The second-order valence-electron chi connectivity index (χ2n) is 5.95. The molecule has 1 aromatic carbocycles. The van der Waals surface area contributed by atoms with Gasteiger partial charge in [-0.1, -0.05) is 6.07 Å². The molecule has 0 saturated heterocycles. The second-order valence-corrected chi connectivity index (χ2v) is 5.95. The van der Waals surface area contributed by atoms with Crippen LogP contribution in [0.15, 0.2) is 30.5 Å². The van der Waals surface area contributed by atoms with Crippen LogP contribution in [-0.4, -0.2) is 19.6 Å². The summed E-state index contributed by atoms with van der Waals surface area (Å²) >= 11 is 0. The first-order valence-electron chi connectivity index (χ1n) is 7.53. The van der Waals surface area contributed by atoms with Crippen molar-refractivity contribution in [2.75, 3.05) is 5.73 Å². The predicted octanol–water partition coefficient (Wildman–Crippen LogP) is 4.20. The summed E-state index contributed by atoms with van der Waals surface area (Å²) in [6, 6.07) is 4.04. The Hall–Kier alpha value is -2.98. The number of benzene rings is 1. The first kappa shape index (κ1) is 18.8. The maximum absolute atomic E-state index is 13.5. The summed E-state index contributed by atoms with van der Waals surface area (Å²) in [7, 11) is 1.55. The van der Waals surface area contributed by atoms with Gasteiger partial charge in [0.25, 0.3) is 0 Å². The fourth-order valence-electron chi connectivity index (χ4n) is 2.70. The Kier molecular flexibility index (Phi) is 4.20. The molecule has 11 heteroatoms. The van der Waals surface area contributed by atoms with Crippen molar-refractivity contribution in [2.45, 2.75) is 19.3 Å². The van der Waals surface area contributed by atoms with E-state index >= 15 is 0 Å². The van der Waals surface area contributed by atoms with Gasteiger partial charge in [-0.3, -0.25) is 4.68 Å². The standard InChI is InChI=1S/C16H13F6N5/c1-8-5-9(7-10(6-8)15(17,18)19)12-13(16(20,21)22)25-27(14(12)23)11-3-4-26(2)24-11/h3-7H,23H2,1-2H3. The summed E-state index contributed by atoms with van der Waals surface area (Å²) in [6.45, 7) is 1.35. The molecule has 0 radical (unpaired) electrons. The molecular weight excluding hydrogens is 376 g/mol. The molecule has 2 heterocycles. The van der Waals surface area contributed by atoms with Gasteiger partial charge in [0.2, 0.25) is 0 Å². The van der Waals surface area contributed by atoms with Gasteiger partial charge in [-0.2, -0.15) is 41.2 Å². The Bertz CT molecular complexity index is 996. The molecule has 0 saturated carbocycles. The highest BCUT2D eigenvalue weighted by molar-refractivity contribution is 5.79. The third-order valence-corrected chi connectivity index (χ3v) is 3.80. The molecule has 0 aliphatic carbocycles. The summed E-state index contributed by atoms with van der Waals surface area (Å²) in [6.07, 6.45) is -8.17. The highest BCUT2D eigenvalue weighted by atomic mass is 19.4. The SMILES string of the molecule is Cc1cc(-c2c(C(F)(F)F)nn(-c3ccn(C)n3)c2N)cc(C(F)(F)F)c1. The van der Waals surface area contributed by atoms with E-state index in [-0.39, 0.29) is 16.9 Å². The number of anilines is 1. The lowest BCUT2D eigenvalue weighted by Crippen LogP contribution is -2.09. The van der Waals surface area contributed by atoms with Gasteiger partial charge >= 0.3 is 12.4 Å². The summed E-state index contributed by atoms with van der Waals surface area (Å²) in [4.78, 5) is 0. The van der Waals surface area contributed by atoms with Gasteiger partial charge in [0.1, 0.15) is 5.82 Å². The topological polar surface area (TPSA) is 61.7 Å². The van der Waals surface area contributed by atoms with Crippen molar-refractivity contribution in [2.24, 2.45) is 7.05 Å². The number of nitrogen functional groups attached to an aromatic ring is 1. The van der Waals surface area contributed by atoms with Gasteiger partial charge in [0.15, 0.2) is 11.5 Å². The summed E-state index contributed by atoms with van der Waals surface area (Å²) < 4.78 is 81.9. The summed E-state index contributed by atoms with van der Waals surface area (Å²) in [5.41, 5.74) is 2.58. The largest absolute Gasteiger partial charge is 0.435 e. The number of alkyl halides is 6. The van der Waals surface area contributed by atoms with E-state index in [2.05, 4.69) is 10.2 Å². The van der Waals surface area contributed by atoms with Crippen LogP contribution in [0.2, 0.25) is 0 Å². The molecule has 144 valence electrons. The molecular formula is C16H13F6N5. The zero-order chi connectivity index (χ0) is 20.1. The minimum absolute atomic E-state index is 0.00967. The molecule has 0 spiro atoms. The first-order chi connectivity index (χ1) is 12.4. The van der Waals surface area contributed by atoms with Crippen molar-refractivity contribution in [3.8, 4) is 16.9 Å². The van der Waals surface area contributed by atoms with E-state index < -0.39 is 35.0 Å². The van der Waals surface area contributed by atoms with Gasteiger partial charge in [0, 0.05) is 19.3 Å². The highest BCUT2D eigenvalue weighted by Crippen LogP contribution is 2.42. The third kappa shape index (κ3) is 3.49. The Morgan fingerprint density at radius 3 is 2.15 bits per heavy atom. The summed E-state index contributed by atoms with van der Waals surface area (Å²) in [5, 5.41) is 7.41. The lowest BCUT2D eigenvalue weighted by atomic mass is 9.99.